The minimum absolute atomic E-state index is 0.0294. The number of likely N-dealkylation sites (N-methyl/N-ethyl adjacent to an activating group) is 1. The van der Waals surface area contributed by atoms with Gasteiger partial charge in [0.1, 0.15) is 11.6 Å². The minimum atomic E-state index is -0.694. The average Bonchev–Trinajstić information content (AvgIpc) is 2.61. The van der Waals surface area contributed by atoms with Crippen LogP contribution < -0.4 is 10.6 Å². The summed E-state index contributed by atoms with van der Waals surface area (Å²) in [5, 5.41) is 15.6. The molecule has 2 rings (SSSR count). The van der Waals surface area contributed by atoms with Crippen LogP contribution in [-0.4, -0.2) is 30.7 Å². The second kappa shape index (κ2) is 9.99. The molecule has 0 aromatic heterocycles. The van der Waals surface area contributed by atoms with Gasteiger partial charge in [-0.1, -0.05) is 36.4 Å². The van der Waals surface area contributed by atoms with Crippen molar-refractivity contribution in [1.29, 1.82) is 0 Å². The number of rotatable bonds is 9. The number of amides is 1. The highest BCUT2D eigenvalue weighted by molar-refractivity contribution is 5.79. The average molecular weight is 362 g/mol. The Hall–Kier alpha value is -2.31. The first-order valence-corrected chi connectivity index (χ1v) is 8.57. The predicted octanol–water partition coefficient (Wildman–Crippen LogP) is 2.41. The molecule has 0 radical (unpaired) electrons. The quantitative estimate of drug-likeness (QED) is 0.642. The highest BCUT2D eigenvalue weighted by Crippen LogP contribution is 2.16. The van der Waals surface area contributed by atoms with Crippen LogP contribution in [0.15, 0.2) is 48.5 Å². The molecular formula is C20H24F2N2O2. The van der Waals surface area contributed by atoms with Crippen molar-refractivity contribution >= 4 is 5.91 Å². The summed E-state index contributed by atoms with van der Waals surface area (Å²) < 4.78 is 26.7. The first-order chi connectivity index (χ1) is 12.5. The Bertz CT molecular complexity index is 710. The third-order valence-electron chi connectivity index (χ3n) is 4.16. The van der Waals surface area contributed by atoms with Gasteiger partial charge in [0.05, 0.1) is 6.10 Å². The molecule has 2 aromatic carbocycles. The van der Waals surface area contributed by atoms with Crippen LogP contribution in [0.25, 0.3) is 0 Å². The van der Waals surface area contributed by atoms with Crippen LogP contribution in [0.3, 0.4) is 0 Å². The maximum absolute atomic E-state index is 13.7. The van der Waals surface area contributed by atoms with E-state index in [0.717, 1.165) is 17.7 Å². The summed E-state index contributed by atoms with van der Waals surface area (Å²) in [5.74, 6) is -2.08. The zero-order valence-electron chi connectivity index (χ0n) is 14.7. The molecule has 0 heterocycles. The number of aliphatic hydroxyl groups excluding tert-OH is 1. The standard InChI is InChI=1S/C20H24F2N2O2/c1-23-13-18(25)10-16(9-14-5-3-2-4-6-14)20(26)24-12-15-7-8-17(21)11-19(15)22/h2-8,11,16,18,23,25H,9-10,12-13H2,1H3,(H,24,26)/t16-,18+/m1/s1. The van der Waals surface area contributed by atoms with Crippen LogP contribution in [0.1, 0.15) is 17.5 Å². The monoisotopic (exact) mass is 362 g/mol. The van der Waals surface area contributed by atoms with E-state index in [1.54, 1.807) is 7.05 Å². The number of benzene rings is 2. The molecule has 0 spiro atoms. The maximum Gasteiger partial charge on any atom is 0.223 e. The zero-order chi connectivity index (χ0) is 18.9. The van der Waals surface area contributed by atoms with E-state index in [2.05, 4.69) is 10.6 Å². The fourth-order valence-corrected chi connectivity index (χ4v) is 2.82. The van der Waals surface area contributed by atoms with Crippen molar-refractivity contribution < 1.29 is 18.7 Å². The Morgan fingerprint density at radius 1 is 1.15 bits per heavy atom. The molecule has 0 bridgehead atoms. The Balaban J connectivity index is 2.03. The molecule has 26 heavy (non-hydrogen) atoms. The van der Waals surface area contributed by atoms with Gasteiger partial charge in [0, 0.05) is 30.6 Å². The molecule has 0 aliphatic rings. The van der Waals surface area contributed by atoms with Gasteiger partial charge in [-0.05, 0) is 31.5 Å². The van der Waals surface area contributed by atoms with Crippen LogP contribution in [0, 0.1) is 17.6 Å². The summed E-state index contributed by atoms with van der Waals surface area (Å²) in [6, 6.07) is 12.8. The van der Waals surface area contributed by atoms with E-state index < -0.39 is 23.7 Å². The number of aliphatic hydroxyl groups is 1. The predicted molar refractivity (Wildman–Crippen MR) is 96.4 cm³/mol. The largest absolute Gasteiger partial charge is 0.392 e. The first kappa shape index (κ1) is 20.0. The molecule has 0 unspecified atom stereocenters. The highest BCUT2D eigenvalue weighted by Gasteiger charge is 2.22. The number of nitrogens with one attached hydrogen (secondary N) is 2. The summed E-state index contributed by atoms with van der Waals surface area (Å²) in [6.45, 7) is 0.351. The van der Waals surface area contributed by atoms with Gasteiger partial charge in [-0.3, -0.25) is 4.79 Å². The van der Waals surface area contributed by atoms with Gasteiger partial charge in [-0.25, -0.2) is 8.78 Å². The molecule has 3 N–H and O–H groups in total. The molecule has 2 atom stereocenters. The van der Waals surface area contributed by atoms with Crippen molar-refractivity contribution in [3.8, 4) is 0 Å². The summed E-state index contributed by atoms with van der Waals surface area (Å²) in [4.78, 5) is 12.6. The topological polar surface area (TPSA) is 61.4 Å². The molecule has 0 saturated heterocycles. The summed E-state index contributed by atoms with van der Waals surface area (Å²) in [7, 11) is 1.73. The highest BCUT2D eigenvalue weighted by atomic mass is 19.1. The Labute approximate surface area is 152 Å². The Morgan fingerprint density at radius 2 is 1.88 bits per heavy atom. The number of carbonyl (C=O) groups excluding carboxylic acids is 1. The number of hydrogen-bond donors (Lipinski definition) is 3. The van der Waals surface area contributed by atoms with Gasteiger partial charge in [0.25, 0.3) is 0 Å². The van der Waals surface area contributed by atoms with E-state index in [-0.39, 0.29) is 24.4 Å². The third-order valence-corrected chi connectivity index (χ3v) is 4.16. The molecule has 0 aliphatic heterocycles. The summed E-state index contributed by atoms with van der Waals surface area (Å²) in [5.41, 5.74) is 1.20. The lowest BCUT2D eigenvalue weighted by Gasteiger charge is -2.20. The SMILES string of the molecule is CNC[C@@H](O)C[C@@H](Cc1ccccc1)C(=O)NCc1ccc(F)cc1F. The lowest BCUT2D eigenvalue weighted by Crippen LogP contribution is -2.36. The van der Waals surface area contributed by atoms with Gasteiger partial charge in [-0.15, -0.1) is 0 Å². The van der Waals surface area contributed by atoms with Crippen molar-refractivity contribution in [3.63, 3.8) is 0 Å². The van der Waals surface area contributed by atoms with E-state index in [1.807, 2.05) is 30.3 Å². The lowest BCUT2D eigenvalue weighted by molar-refractivity contribution is -0.126. The molecule has 1 amide bonds. The molecule has 6 heteroatoms. The molecule has 4 nitrogen and oxygen atoms in total. The van der Waals surface area contributed by atoms with E-state index >= 15 is 0 Å². The fraction of sp³-hybridized carbons (Fsp3) is 0.350. The minimum Gasteiger partial charge on any atom is -0.392 e. The van der Waals surface area contributed by atoms with Crippen molar-refractivity contribution in [2.75, 3.05) is 13.6 Å². The fourth-order valence-electron chi connectivity index (χ4n) is 2.82. The van der Waals surface area contributed by atoms with Crippen molar-refractivity contribution in [1.82, 2.24) is 10.6 Å². The van der Waals surface area contributed by atoms with Gasteiger partial charge in [0.2, 0.25) is 5.91 Å². The van der Waals surface area contributed by atoms with Crippen LogP contribution >= 0.6 is 0 Å². The molecule has 2 aromatic rings. The molecule has 0 fully saturated rings. The van der Waals surface area contributed by atoms with Crippen molar-refractivity contribution in [3.05, 3.63) is 71.3 Å². The van der Waals surface area contributed by atoms with Crippen molar-refractivity contribution in [2.45, 2.75) is 25.5 Å². The van der Waals surface area contributed by atoms with Crippen molar-refractivity contribution in [2.24, 2.45) is 5.92 Å². The summed E-state index contributed by atoms with van der Waals surface area (Å²) in [6.07, 6.45) is 0.0920. The van der Waals surface area contributed by atoms with Crippen LogP contribution in [0.2, 0.25) is 0 Å². The van der Waals surface area contributed by atoms with Crippen LogP contribution in [0.4, 0.5) is 8.78 Å². The molecular weight excluding hydrogens is 338 g/mol. The molecule has 0 aliphatic carbocycles. The van der Waals surface area contributed by atoms with E-state index in [1.165, 1.54) is 6.07 Å². The first-order valence-electron chi connectivity index (χ1n) is 8.57. The van der Waals surface area contributed by atoms with Crippen LogP contribution in [0.5, 0.6) is 0 Å². The second-order valence-electron chi connectivity index (χ2n) is 6.29. The van der Waals surface area contributed by atoms with Gasteiger partial charge >= 0.3 is 0 Å². The Morgan fingerprint density at radius 3 is 2.54 bits per heavy atom. The normalized spacial score (nSPS) is 13.2. The number of carbonyl (C=O) groups is 1. The molecule has 140 valence electrons. The van der Waals surface area contributed by atoms with Gasteiger partial charge in [-0.2, -0.15) is 0 Å². The summed E-state index contributed by atoms with van der Waals surface area (Å²) >= 11 is 0. The second-order valence-corrected chi connectivity index (χ2v) is 6.29. The Kier molecular flexibility index (Phi) is 7.69. The number of hydrogen-bond acceptors (Lipinski definition) is 3. The number of halogens is 2. The smallest absolute Gasteiger partial charge is 0.223 e. The van der Waals surface area contributed by atoms with Gasteiger partial charge in [0.15, 0.2) is 0 Å². The van der Waals surface area contributed by atoms with E-state index in [9.17, 15) is 18.7 Å². The lowest BCUT2D eigenvalue weighted by atomic mass is 9.92. The maximum atomic E-state index is 13.7. The van der Waals surface area contributed by atoms with E-state index in [4.69, 9.17) is 0 Å². The molecule has 0 saturated carbocycles. The van der Waals surface area contributed by atoms with Gasteiger partial charge < -0.3 is 15.7 Å². The van der Waals surface area contributed by atoms with E-state index in [0.29, 0.717) is 13.0 Å². The third kappa shape index (κ3) is 6.20. The van der Waals surface area contributed by atoms with Crippen LogP contribution in [-0.2, 0) is 17.8 Å². The zero-order valence-corrected chi connectivity index (χ0v) is 14.7.